The number of esters is 2. The van der Waals surface area contributed by atoms with Crippen LogP contribution in [0.1, 0.15) is 56.8 Å². The van der Waals surface area contributed by atoms with Gasteiger partial charge in [0, 0.05) is 0 Å². The normalized spacial score (nSPS) is 12.1. The number of aryl methyl sites for hydroxylation is 2. The Morgan fingerprint density at radius 2 is 0.814 bits per heavy atom. The van der Waals surface area contributed by atoms with Crippen molar-refractivity contribution in [3.8, 4) is 11.5 Å². The highest BCUT2D eigenvalue weighted by molar-refractivity contribution is 5.91. The Morgan fingerprint density at radius 1 is 0.512 bits per heavy atom. The molecule has 0 aliphatic rings. The summed E-state index contributed by atoms with van der Waals surface area (Å²) in [6.07, 6.45) is -10.2. The number of halogens is 6. The van der Waals surface area contributed by atoms with Gasteiger partial charge < -0.3 is 9.47 Å². The molecule has 4 aromatic carbocycles. The van der Waals surface area contributed by atoms with Gasteiger partial charge in [-0.15, -0.1) is 0 Å². The average Bonchev–Trinajstić information content (AvgIpc) is 2.97. The first-order chi connectivity index (χ1) is 20.3. The first-order valence-corrected chi connectivity index (χ1v) is 13.3. The van der Waals surface area contributed by atoms with Gasteiger partial charge in [-0.3, -0.25) is 0 Å². The van der Waals surface area contributed by atoms with Crippen molar-refractivity contribution in [3.63, 3.8) is 0 Å². The molecule has 0 saturated carbocycles. The number of alkyl halides is 6. The van der Waals surface area contributed by atoms with Crippen LogP contribution >= 0.6 is 0 Å². The van der Waals surface area contributed by atoms with E-state index in [2.05, 4.69) is 0 Å². The second kappa shape index (κ2) is 12.3. The van der Waals surface area contributed by atoms with Gasteiger partial charge in [-0.1, -0.05) is 62.4 Å². The van der Waals surface area contributed by atoms with Crippen LogP contribution in [0.4, 0.5) is 26.3 Å². The fourth-order valence-electron chi connectivity index (χ4n) is 4.61. The molecular formula is C33H26F6O4. The van der Waals surface area contributed by atoms with Crippen LogP contribution in [0, 0.1) is 0 Å². The molecule has 0 unspecified atom stereocenters. The van der Waals surface area contributed by atoms with Crippen LogP contribution in [0.5, 0.6) is 11.5 Å². The van der Waals surface area contributed by atoms with Gasteiger partial charge in [0.15, 0.2) is 0 Å². The molecular weight excluding hydrogens is 574 g/mol. The van der Waals surface area contributed by atoms with E-state index in [1.54, 1.807) is 24.3 Å². The first kappa shape index (κ1) is 31.3. The molecule has 43 heavy (non-hydrogen) atoms. The van der Waals surface area contributed by atoms with E-state index in [9.17, 15) is 35.9 Å². The quantitative estimate of drug-likeness (QED) is 0.115. The van der Waals surface area contributed by atoms with Crippen molar-refractivity contribution >= 4 is 11.9 Å². The van der Waals surface area contributed by atoms with Gasteiger partial charge >= 0.3 is 24.3 Å². The number of hydrogen-bond donors (Lipinski definition) is 0. The minimum absolute atomic E-state index is 0.167. The van der Waals surface area contributed by atoms with Gasteiger partial charge in [-0.25, -0.2) is 9.59 Å². The highest BCUT2D eigenvalue weighted by Gasteiger charge is 2.72. The molecule has 0 atom stereocenters. The number of carbonyl (C=O) groups is 2. The minimum atomic E-state index is -5.83. The van der Waals surface area contributed by atoms with Crippen molar-refractivity contribution in [1.29, 1.82) is 0 Å². The van der Waals surface area contributed by atoms with Crippen LogP contribution in [0.3, 0.4) is 0 Å². The number of carbonyl (C=O) groups excluding carboxylic acids is 2. The molecule has 0 spiro atoms. The van der Waals surface area contributed by atoms with Crippen molar-refractivity contribution in [1.82, 2.24) is 0 Å². The lowest BCUT2D eigenvalue weighted by Gasteiger charge is -2.38. The van der Waals surface area contributed by atoms with Crippen LogP contribution in [0.15, 0.2) is 97.1 Å². The Labute approximate surface area is 243 Å². The molecule has 224 valence electrons. The van der Waals surface area contributed by atoms with Gasteiger partial charge in [-0.05, 0) is 83.6 Å². The second-order valence-electron chi connectivity index (χ2n) is 9.67. The van der Waals surface area contributed by atoms with Crippen molar-refractivity contribution < 1.29 is 45.4 Å². The Bertz CT molecular complexity index is 1430. The first-order valence-electron chi connectivity index (χ1n) is 13.3. The molecule has 0 N–H and O–H groups in total. The predicted octanol–water partition coefficient (Wildman–Crippen LogP) is 8.66. The third kappa shape index (κ3) is 6.43. The molecule has 0 saturated heterocycles. The molecule has 0 aliphatic heterocycles. The Kier molecular flexibility index (Phi) is 8.98. The van der Waals surface area contributed by atoms with Crippen LogP contribution in [0.2, 0.25) is 0 Å². The van der Waals surface area contributed by atoms with Gasteiger partial charge in [-0.2, -0.15) is 26.3 Å². The Morgan fingerprint density at radius 3 is 1.07 bits per heavy atom. The number of benzene rings is 4. The fourth-order valence-corrected chi connectivity index (χ4v) is 4.61. The molecule has 4 aromatic rings. The predicted molar refractivity (Wildman–Crippen MR) is 147 cm³/mol. The summed E-state index contributed by atoms with van der Waals surface area (Å²) in [6.45, 7) is 3.85. The van der Waals surface area contributed by atoms with Crippen LogP contribution in [0.25, 0.3) is 0 Å². The highest BCUT2D eigenvalue weighted by atomic mass is 19.4. The second-order valence-corrected chi connectivity index (χ2v) is 9.67. The third-order valence-corrected chi connectivity index (χ3v) is 7.04. The average molecular weight is 601 g/mol. The number of hydrogen-bond acceptors (Lipinski definition) is 4. The van der Waals surface area contributed by atoms with Crippen molar-refractivity contribution in [2.24, 2.45) is 0 Å². The number of ether oxygens (including phenoxy) is 2. The summed E-state index contributed by atoms with van der Waals surface area (Å²) in [5.74, 6) is -2.11. The fraction of sp³-hybridized carbons (Fsp3) is 0.212. The van der Waals surface area contributed by atoms with E-state index < -0.39 is 40.8 Å². The van der Waals surface area contributed by atoms with E-state index in [4.69, 9.17) is 9.47 Å². The summed E-state index contributed by atoms with van der Waals surface area (Å²) in [6, 6.07) is 18.9. The topological polar surface area (TPSA) is 52.6 Å². The van der Waals surface area contributed by atoms with Crippen molar-refractivity contribution in [2.45, 2.75) is 44.5 Å². The summed E-state index contributed by atoms with van der Waals surface area (Å²) < 4.78 is 97.6. The van der Waals surface area contributed by atoms with Gasteiger partial charge in [0.1, 0.15) is 11.5 Å². The maximum Gasteiger partial charge on any atom is 0.411 e. The van der Waals surface area contributed by atoms with E-state index in [0.29, 0.717) is 24.3 Å². The van der Waals surface area contributed by atoms with E-state index in [0.717, 1.165) is 48.2 Å². The molecule has 0 heterocycles. The maximum absolute atomic E-state index is 14.5. The van der Waals surface area contributed by atoms with Gasteiger partial charge in [0.2, 0.25) is 5.41 Å². The van der Waals surface area contributed by atoms with E-state index >= 15 is 0 Å². The number of rotatable bonds is 8. The van der Waals surface area contributed by atoms with E-state index in [-0.39, 0.29) is 22.6 Å². The monoisotopic (exact) mass is 600 g/mol. The molecule has 0 bridgehead atoms. The lowest BCUT2D eigenvalue weighted by molar-refractivity contribution is -0.288. The minimum Gasteiger partial charge on any atom is -0.423 e. The van der Waals surface area contributed by atoms with Crippen LogP contribution in [-0.4, -0.2) is 24.3 Å². The molecule has 4 nitrogen and oxygen atoms in total. The van der Waals surface area contributed by atoms with Gasteiger partial charge in [0.25, 0.3) is 0 Å². The maximum atomic E-state index is 14.5. The zero-order valence-electron chi connectivity index (χ0n) is 23.1. The van der Waals surface area contributed by atoms with Crippen LogP contribution < -0.4 is 9.47 Å². The molecule has 4 rings (SSSR count). The largest absolute Gasteiger partial charge is 0.423 e. The molecule has 0 radical (unpaired) electrons. The molecule has 0 fully saturated rings. The molecule has 0 amide bonds. The molecule has 10 heteroatoms. The molecule has 0 aromatic heterocycles. The lowest BCUT2D eigenvalue weighted by atomic mass is 9.73. The standard InChI is InChI=1S/C33H26F6O4/c1-3-21-5-9-23(10-6-21)29(40)42-27-17-13-25(14-18-27)31(32(34,35)36,33(37,38)39)26-15-19-28(20-16-26)43-30(41)24-11-7-22(4-2)8-12-24/h5-20H,3-4H2,1-2H3. The van der Waals surface area contributed by atoms with Gasteiger partial charge in [0.05, 0.1) is 11.1 Å². The highest BCUT2D eigenvalue weighted by Crippen LogP contribution is 2.56. The lowest BCUT2D eigenvalue weighted by Crippen LogP contribution is -2.54. The summed E-state index contributed by atoms with van der Waals surface area (Å²) in [7, 11) is 0. The summed E-state index contributed by atoms with van der Waals surface area (Å²) in [5.41, 5.74) is -4.45. The smallest absolute Gasteiger partial charge is 0.411 e. The van der Waals surface area contributed by atoms with Crippen molar-refractivity contribution in [2.75, 3.05) is 0 Å². The zero-order valence-corrected chi connectivity index (χ0v) is 23.1. The SMILES string of the molecule is CCc1ccc(C(=O)Oc2ccc(C(c3ccc(OC(=O)c4ccc(CC)cc4)cc3)(C(F)(F)F)C(F)(F)F)cc2)cc1. The summed E-state index contributed by atoms with van der Waals surface area (Å²) >= 11 is 0. The van der Waals surface area contributed by atoms with Crippen molar-refractivity contribution in [3.05, 3.63) is 130 Å². The Balaban J connectivity index is 1.63. The zero-order chi connectivity index (χ0) is 31.4. The third-order valence-electron chi connectivity index (χ3n) is 7.04. The molecule has 0 aliphatic carbocycles. The summed E-state index contributed by atoms with van der Waals surface area (Å²) in [4.78, 5) is 24.9. The summed E-state index contributed by atoms with van der Waals surface area (Å²) in [5, 5.41) is 0. The Hall–Kier alpha value is -4.60. The van der Waals surface area contributed by atoms with E-state index in [1.807, 2.05) is 13.8 Å². The van der Waals surface area contributed by atoms with Crippen LogP contribution in [-0.2, 0) is 18.3 Å². The van der Waals surface area contributed by atoms with E-state index in [1.165, 1.54) is 24.3 Å².